The summed E-state index contributed by atoms with van der Waals surface area (Å²) in [7, 11) is 0. The standard InChI is InChI=1S/C32H39ClN2O3/c1-4-11-30(32(37)38)35-31(36)27-17-16-23(18-28(27)26-15-10-9-12-22(26)3)20-34-21-29(24(5-2)19-33)25-13-7-6-8-14-25/h6-10,12-18,24,29-30,34H,4-5,11,19-21H2,1-3H3,(H,35,36)(H,37,38)/t24?,29?,30-/m0/s1. The number of aryl methyl sites for hydroxylation is 1. The zero-order valence-corrected chi connectivity index (χ0v) is 23.3. The van der Waals surface area contributed by atoms with Gasteiger partial charge in [0.1, 0.15) is 6.04 Å². The van der Waals surface area contributed by atoms with E-state index in [1.165, 1.54) is 5.56 Å². The Morgan fingerprint density at radius 2 is 1.66 bits per heavy atom. The van der Waals surface area contributed by atoms with Crippen LogP contribution in [0.25, 0.3) is 11.1 Å². The molecule has 0 aromatic heterocycles. The van der Waals surface area contributed by atoms with E-state index in [4.69, 9.17) is 11.6 Å². The fraction of sp³-hybridized carbons (Fsp3) is 0.375. The van der Waals surface area contributed by atoms with E-state index in [1.807, 2.05) is 56.3 Å². The van der Waals surface area contributed by atoms with Gasteiger partial charge in [-0.3, -0.25) is 4.79 Å². The molecule has 0 bridgehead atoms. The van der Waals surface area contributed by atoms with Crippen LogP contribution < -0.4 is 10.6 Å². The maximum Gasteiger partial charge on any atom is 0.326 e. The van der Waals surface area contributed by atoms with Crippen molar-refractivity contribution >= 4 is 23.5 Å². The number of benzene rings is 3. The molecule has 1 amide bonds. The molecule has 0 saturated carbocycles. The van der Waals surface area contributed by atoms with Crippen LogP contribution >= 0.6 is 11.6 Å². The second kappa shape index (κ2) is 14.7. The molecule has 3 N–H and O–H groups in total. The molecule has 5 nitrogen and oxygen atoms in total. The molecule has 2 unspecified atom stereocenters. The van der Waals surface area contributed by atoms with Gasteiger partial charge in [0.25, 0.3) is 5.91 Å². The predicted octanol–water partition coefficient (Wildman–Crippen LogP) is 6.78. The van der Waals surface area contributed by atoms with E-state index in [0.29, 0.717) is 42.7 Å². The topological polar surface area (TPSA) is 78.4 Å². The molecule has 0 fully saturated rings. The Kier molecular flexibility index (Phi) is 11.4. The van der Waals surface area contributed by atoms with Gasteiger partial charge in [-0.05, 0) is 59.2 Å². The quantitative estimate of drug-likeness (QED) is 0.199. The van der Waals surface area contributed by atoms with Crippen molar-refractivity contribution in [2.45, 2.75) is 58.5 Å². The van der Waals surface area contributed by atoms with Gasteiger partial charge >= 0.3 is 5.97 Å². The van der Waals surface area contributed by atoms with E-state index < -0.39 is 12.0 Å². The molecule has 6 heteroatoms. The fourth-order valence-electron chi connectivity index (χ4n) is 4.91. The summed E-state index contributed by atoms with van der Waals surface area (Å²) in [5.74, 6) is -0.125. The Labute approximate surface area is 231 Å². The number of hydrogen-bond acceptors (Lipinski definition) is 3. The van der Waals surface area contributed by atoms with Gasteiger partial charge in [-0.15, -0.1) is 11.6 Å². The maximum atomic E-state index is 13.2. The third kappa shape index (κ3) is 7.68. The first-order chi connectivity index (χ1) is 18.4. The van der Waals surface area contributed by atoms with E-state index in [2.05, 4.69) is 41.8 Å². The summed E-state index contributed by atoms with van der Waals surface area (Å²) in [5, 5.41) is 15.9. The van der Waals surface area contributed by atoms with Crippen molar-refractivity contribution in [3.63, 3.8) is 0 Å². The molecule has 38 heavy (non-hydrogen) atoms. The number of carbonyl (C=O) groups excluding carboxylic acids is 1. The first kappa shape index (κ1) is 29.4. The summed E-state index contributed by atoms with van der Waals surface area (Å²) in [6.07, 6.45) is 2.05. The van der Waals surface area contributed by atoms with E-state index in [0.717, 1.165) is 35.2 Å². The molecule has 0 aliphatic rings. The zero-order chi connectivity index (χ0) is 27.5. The Morgan fingerprint density at radius 1 is 0.947 bits per heavy atom. The van der Waals surface area contributed by atoms with Crippen LogP contribution in [0, 0.1) is 12.8 Å². The summed E-state index contributed by atoms with van der Waals surface area (Å²) in [5.41, 5.74) is 5.60. The van der Waals surface area contributed by atoms with Crippen molar-refractivity contribution < 1.29 is 14.7 Å². The van der Waals surface area contributed by atoms with Crippen molar-refractivity contribution in [2.24, 2.45) is 5.92 Å². The van der Waals surface area contributed by atoms with Crippen LogP contribution in [0.1, 0.15) is 66.1 Å². The lowest BCUT2D eigenvalue weighted by Gasteiger charge is -2.26. The molecular weight excluding hydrogens is 496 g/mol. The third-order valence-electron chi connectivity index (χ3n) is 7.16. The Morgan fingerprint density at radius 3 is 2.29 bits per heavy atom. The van der Waals surface area contributed by atoms with Crippen molar-refractivity contribution in [3.8, 4) is 11.1 Å². The molecule has 0 aliphatic carbocycles. The average Bonchev–Trinajstić information content (AvgIpc) is 2.93. The summed E-state index contributed by atoms with van der Waals surface area (Å²) >= 11 is 6.33. The number of carboxylic acids is 1. The Balaban J connectivity index is 1.86. The van der Waals surface area contributed by atoms with E-state index in [-0.39, 0.29) is 5.91 Å². The minimum absolute atomic E-state index is 0.297. The van der Waals surface area contributed by atoms with Crippen LogP contribution in [-0.4, -0.2) is 35.4 Å². The van der Waals surface area contributed by atoms with Gasteiger partial charge in [-0.1, -0.05) is 87.4 Å². The van der Waals surface area contributed by atoms with Gasteiger partial charge in [-0.25, -0.2) is 4.79 Å². The van der Waals surface area contributed by atoms with Crippen molar-refractivity contribution in [1.29, 1.82) is 0 Å². The van der Waals surface area contributed by atoms with Crippen LogP contribution in [-0.2, 0) is 11.3 Å². The van der Waals surface area contributed by atoms with Crippen LogP contribution in [0.4, 0.5) is 0 Å². The number of carboxylic acid groups (broad SMARTS) is 1. The van der Waals surface area contributed by atoms with Crippen LogP contribution in [0.2, 0.25) is 0 Å². The predicted molar refractivity (Wildman–Crippen MR) is 156 cm³/mol. The monoisotopic (exact) mass is 534 g/mol. The van der Waals surface area contributed by atoms with E-state index in [1.54, 1.807) is 6.07 Å². The van der Waals surface area contributed by atoms with Gasteiger partial charge < -0.3 is 15.7 Å². The highest BCUT2D eigenvalue weighted by atomic mass is 35.5. The largest absolute Gasteiger partial charge is 0.480 e. The van der Waals surface area contributed by atoms with Gasteiger partial charge in [0, 0.05) is 30.5 Å². The smallest absolute Gasteiger partial charge is 0.326 e. The SMILES string of the molecule is CCC[C@H](NC(=O)c1ccc(CNCC(c2ccccc2)C(CC)CCl)cc1-c1ccccc1C)C(=O)O. The molecule has 3 atom stereocenters. The number of alkyl halides is 1. The average molecular weight is 535 g/mol. The Bertz CT molecular complexity index is 1190. The van der Waals surface area contributed by atoms with E-state index >= 15 is 0 Å². The molecule has 0 spiro atoms. The minimum Gasteiger partial charge on any atom is -0.480 e. The van der Waals surface area contributed by atoms with Crippen molar-refractivity contribution in [1.82, 2.24) is 10.6 Å². The molecule has 3 rings (SSSR count). The third-order valence-corrected chi connectivity index (χ3v) is 7.55. The number of carbonyl (C=O) groups is 2. The molecule has 0 aliphatic heterocycles. The highest BCUT2D eigenvalue weighted by molar-refractivity contribution is 6.18. The zero-order valence-electron chi connectivity index (χ0n) is 22.5. The molecular formula is C32H39ClN2O3. The number of amides is 1. The lowest BCUT2D eigenvalue weighted by molar-refractivity contribution is -0.139. The number of hydrogen-bond donors (Lipinski definition) is 3. The molecule has 3 aromatic rings. The highest BCUT2D eigenvalue weighted by Gasteiger charge is 2.23. The normalized spacial score (nSPS) is 13.5. The number of nitrogens with one attached hydrogen (secondary N) is 2. The number of halogens is 1. The lowest BCUT2D eigenvalue weighted by Crippen LogP contribution is -2.40. The minimum atomic E-state index is -1.02. The van der Waals surface area contributed by atoms with Gasteiger partial charge in [0.05, 0.1) is 0 Å². The highest BCUT2D eigenvalue weighted by Crippen LogP contribution is 2.30. The molecule has 0 heterocycles. The van der Waals surface area contributed by atoms with Crippen molar-refractivity contribution in [3.05, 3.63) is 95.1 Å². The first-order valence-electron chi connectivity index (χ1n) is 13.4. The van der Waals surface area contributed by atoms with Gasteiger partial charge in [0.15, 0.2) is 0 Å². The van der Waals surface area contributed by atoms with Crippen molar-refractivity contribution in [2.75, 3.05) is 12.4 Å². The number of rotatable bonds is 14. The molecule has 3 aromatic carbocycles. The second-order valence-electron chi connectivity index (χ2n) is 9.82. The van der Waals surface area contributed by atoms with Crippen LogP contribution in [0.15, 0.2) is 72.8 Å². The fourth-order valence-corrected chi connectivity index (χ4v) is 5.34. The van der Waals surface area contributed by atoms with Crippen LogP contribution in [0.5, 0.6) is 0 Å². The summed E-state index contributed by atoms with van der Waals surface area (Å²) < 4.78 is 0. The van der Waals surface area contributed by atoms with Gasteiger partial charge in [-0.2, -0.15) is 0 Å². The van der Waals surface area contributed by atoms with Crippen LogP contribution in [0.3, 0.4) is 0 Å². The van der Waals surface area contributed by atoms with Gasteiger partial charge in [0.2, 0.25) is 0 Å². The lowest BCUT2D eigenvalue weighted by atomic mass is 9.85. The van der Waals surface area contributed by atoms with E-state index in [9.17, 15) is 14.7 Å². The summed E-state index contributed by atoms with van der Waals surface area (Å²) in [6.45, 7) is 7.52. The Hall–Kier alpha value is -3.15. The molecule has 202 valence electrons. The molecule has 0 radical (unpaired) electrons. The first-order valence-corrected chi connectivity index (χ1v) is 14.0. The maximum absolute atomic E-state index is 13.2. The number of aliphatic carboxylic acids is 1. The molecule has 0 saturated heterocycles. The summed E-state index contributed by atoms with van der Waals surface area (Å²) in [6, 6.07) is 23.3. The second-order valence-corrected chi connectivity index (χ2v) is 10.1. The summed E-state index contributed by atoms with van der Waals surface area (Å²) in [4.78, 5) is 24.9.